The summed E-state index contributed by atoms with van der Waals surface area (Å²) < 4.78 is 7.75. The van der Waals surface area contributed by atoms with Crippen LogP contribution >= 0.6 is 22.6 Å². The summed E-state index contributed by atoms with van der Waals surface area (Å²) in [5.41, 5.74) is 2.83. The number of rotatable bonds is 5. The van der Waals surface area contributed by atoms with Crippen LogP contribution in [0.2, 0.25) is 36.3 Å². The van der Waals surface area contributed by atoms with Crippen LogP contribution in [0.3, 0.4) is 0 Å². The van der Waals surface area contributed by atoms with E-state index in [-0.39, 0.29) is 6.61 Å². The Morgan fingerprint density at radius 1 is 0.913 bits per heavy atom. The highest BCUT2D eigenvalue weighted by atomic mass is 127. The van der Waals surface area contributed by atoms with E-state index in [1.807, 2.05) is 6.08 Å². The molecule has 0 aromatic rings. The number of aliphatic hydroxyl groups is 1. The van der Waals surface area contributed by atoms with Crippen molar-refractivity contribution < 1.29 is 9.22 Å². The highest BCUT2D eigenvalue weighted by molar-refractivity contribution is 14.1. The Balaban J connectivity index is 0. The van der Waals surface area contributed by atoms with Crippen LogP contribution in [0.1, 0.15) is 48.0 Å². The Labute approximate surface area is 161 Å². The second kappa shape index (κ2) is 10.6. The molecule has 0 aliphatic heterocycles. The summed E-state index contributed by atoms with van der Waals surface area (Å²) in [6, 6.07) is 0. The monoisotopic (exact) mass is 470 g/mol. The van der Waals surface area contributed by atoms with Gasteiger partial charge in [-0.15, -0.1) is 5.73 Å². The summed E-state index contributed by atoms with van der Waals surface area (Å²) in [5.74, 6) is 0. The van der Waals surface area contributed by atoms with Gasteiger partial charge in [-0.1, -0.05) is 64.1 Å². The van der Waals surface area contributed by atoms with Crippen LogP contribution in [0.15, 0.2) is 17.9 Å². The van der Waals surface area contributed by atoms with Crippen molar-refractivity contribution >= 4 is 39.2 Å². The molecule has 23 heavy (non-hydrogen) atoms. The van der Waals surface area contributed by atoms with E-state index in [2.05, 4.69) is 96.1 Å². The lowest BCUT2D eigenvalue weighted by molar-refractivity contribution is 0.343. The van der Waals surface area contributed by atoms with E-state index in [0.717, 1.165) is 10.8 Å². The molecule has 2 nitrogen and oxygen atoms in total. The van der Waals surface area contributed by atoms with E-state index in [0.29, 0.717) is 10.1 Å². The van der Waals surface area contributed by atoms with Gasteiger partial charge in [-0.25, -0.2) is 0 Å². The number of alkyl halides is 1. The van der Waals surface area contributed by atoms with E-state index < -0.39 is 16.6 Å². The van der Waals surface area contributed by atoms with Gasteiger partial charge in [0.2, 0.25) is 0 Å². The predicted molar refractivity (Wildman–Crippen MR) is 119 cm³/mol. The van der Waals surface area contributed by atoms with Crippen LogP contribution < -0.4 is 0 Å². The Kier molecular flexibility index (Phi) is 11.9. The lowest BCUT2D eigenvalue weighted by Gasteiger charge is -2.47. The average Bonchev–Trinajstić information content (AvgIpc) is 2.31. The molecule has 0 bridgehead atoms. The minimum Gasteiger partial charge on any atom is -0.455 e. The Morgan fingerprint density at radius 3 is 1.57 bits per heavy atom. The Bertz CT molecular complexity index is 361. The summed E-state index contributed by atoms with van der Waals surface area (Å²) in [5, 5.41) is 8.87. The predicted octanol–water partition coefficient (Wildman–Crippen LogP) is 6.53. The van der Waals surface area contributed by atoms with Crippen molar-refractivity contribution in [2.24, 2.45) is 0 Å². The molecular formula is C18H39IO2Si2. The van der Waals surface area contributed by atoms with Gasteiger partial charge in [-0.05, 0) is 54.8 Å². The molecule has 138 valence electrons. The zero-order chi connectivity index (χ0) is 18.9. The van der Waals surface area contributed by atoms with E-state index in [9.17, 15) is 0 Å². The van der Waals surface area contributed by atoms with Crippen molar-refractivity contribution in [3.05, 3.63) is 17.9 Å². The van der Waals surface area contributed by atoms with Crippen LogP contribution in [-0.2, 0) is 4.12 Å². The van der Waals surface area contributed by atoms with Gasteiger partial charge in [-0.3, -0.25) is 0 Å². The molecule has 0 aromatic heterocycles. The van der Waals surface area contributed by atoms with Gasteiger partial charge in [0.15, 0.2) is 16.6 Å². The maximum atomic E-state index is 8.23. The molecule has 0 atom stereocenters. The topological polar surface area (TPSA) is 29.5 Å². The lowest BCUT2D eigenvalue weighted by Crippen LogP contribution is -2.53. The number of aliphatic hydroxyl groups excluding tert-OH is 1. The molecule has 0 fully saturated rings. The molecule has 5 heteroatoms. The van der Waals surface area contributed by atoms with Crippen molar-refractivity contribution in [3.8, 4) is 0 Å². The Hall–Kier alpha value is 0.604. The molecule has 0 aliphatic carbocycles. The third-order valence-corrected chi connectivity index (χ3v) is 16.6. The largest absolute Gasteiger partial charge is 0.455 e. The zero-order valence-corrected chi connectivity index (χ0v) is 21.2. The first kappa shape index (κ1) is 25.8. The second-order valence-electron chi connectivity index (χ2n) is 8.86. The van der Waals surface area contributed by atoms with Crippen LogP contribution in [0.25, 0.3) is 0 Å². The molecular weight excluding hydrogens is 431 g/mol. The van der Waals surface area contributed by atoms with E-state index in [4.69, 9.17) is 9.22 Å². The van der Waals surface area contributed by atoms with Gasteiger partial charge < -0.3 is 9.22 Å². The van der Waals surface area contributed by atoms with Crippen molar-refractivity contribution in [2.75, 3.05) is 11.0 Å². The normalized spacial score (nSPS) is 12.9. The van der Waals surface area contributed by atoms with E-state index in [1.165, 1.54) is 0 Å². The molecule has 0 aromatic carbocycles. The third kappa shape index (κ3) is 10.9. The van der Waals surface area contributed by atoms with Gasteiger partial charge in [0.05, 0.1) is 6.61 Å². The van der Waals surface area contributed by atoms with Crippen LogP contribution in [0, 0.1) is 0 Å². The quantitative estimate of drug-likeness (QED) is 0.214. The van der Waals surface area contributed by atoms with Gasteiger partial charge in [0.1, 0.15) is 0 Å². The maximum Gasteiger partial charge on any atom is 0.178 e. The summed E-state index contributed by atoms with van der Waals surface area (Å²) in [4.78, 5) is 0. The fourth-order valence-corrected chi connectivity index (χ4v) is 9.08. The van der Waals surface area contributed by atoms with Crippen molar-refractivity contribution in [2.45, 2.75) is 84.2 Å². The summed E-state index contributed by atoms with van der Waals surface area (Å²) in [7, 11) is -3.18. The van der Waals surface area contributed by atoms with Gasteiger partial charge in [0, 0.05) is 4.43 Å². The Morgan fingerprint density at radius 2 is 1.30 bits per heavy atom. The number of hydrogen-bond acceptors (Lipinski definition) is 2. The third-order valence-electron chi connectivity index (χ3n) is 4.70. The smallest absolute Gasteiger partial charge is 0.178 e. The molecule has 0 saturated heterocycles. The molecule has 0 saturated carbocycles. The fourth-order valence-electron chi connectivity index (χ4n) is 1.22. The number of hydrogen-bond donors (Lipinski definition) is 1. The van der Waals surface area contributed by atoms with Crippen LogP contribution in [0.4, 0.5) is 0 Å². The second-order valence-corrected chi connectivity index (χ2v) is 19.8. The first-order valence-electron chi connectivity index (χ1n) is 8.39. The molecule has 0 heterocycles. The van der Waals surface area contributed by atoms with Gasteiger partial charge >= 0.3 is 0 Å². The minimum absolute atomic E-state index is 0.0950. The SMILES string of the molecule is CC(C)(C)[Si](C)(C)O[Si](C)(C)C(C)(C)C.OCC=C=CCCI. The summed E-state index contributed by atoms with van der Waals surface area (Å²) >= 11 is 2.29. The lowest BCUT2D eigenvalue weighted by atomic mass is 10.2. The van der Waals surface area contributed by atoms with Crippen LogP contribution in [0.5, 0.6) is 0 Å². The van der Waals surface area contributed by atoms with Crippen LogP contribution in [-0.4, -0.2) is 32.8 Å². The molecule has 0 unspecified atom stereocenters. The molecule has 1 N–H and O–H groups in total. The molecule has 0 rings (SSSR count). The average molecular weight is 471 g/mol. The fraction of sp³-hybridized carbons (Fsp3) is 0.833. The molecule has 0 radical (unpaired) electrons. The zero-order valence-electron chi connectivity index (χ0n) is 17.0. The summed E-state index contributed by atoms with van der Waals surface area (Å²) in [6.07, 6.45) is 4.56. The highest BCUT2D eigenvalue weighted by Gasteiger charge is 2.46. The van der Waals surface area contributed by atoms with Crippen molar-refractivity contribution in [1.82, 2.24) is 0 Å². The first-order chi connectivity index (χ1) is 10.1. The molecule has 0 spiro atoms. The van der Waals surface area contributed by atoms with E-state index in [1.54, 1.807) is 6.08 Å². The minimum atomic E-state index is -1.59. The standard InChI is InChI=1S/C12H30OSi2.C6H9IO/c1-11(2,3)14(7,8)13-15(9,10)12(4,5)6;7-5-3-1-2-4-6-8/h1-10H3;1,4,8H,3,5-6H2. The van der Waals surface area contributed by atoms with Crippen molar-refractivity contribution in [3.63, 3.8) is 0 Å². The molecule has 0 aliphatic rings. The summed E-state index contributed by atoms with van der Waals surface area (Å²) in [6.45, 7) is 23.4. The number of halogens is 1. The highest BCUT2D eigenvalue weighted by Crippen LogP contribution is 2.44. The van der Waals surface area contributed by atoms with Crippen molar-refractivity contribution in [1.29, 1.82) is 0 Å². The molecule has 0 amide bonds. The van der Waals surface area contributed by atoms with Gasteiger partial charge in [0.25, 0.3) is 0 Å². The first-order valence-corrected chi connectivity index (χ1v) is 15.7. The maximum absolute atomic E-state index is 8.23. The van der Waals surface area contributed by atoms with Gasteiger partial charge in [-0.2, -0.15) is 0 Å². The van der Waals surface area contributed by atoms with E-state index >= 15 is 0 Å².